The van der Waals surface area contributed by atoms with Crippen LogP contribution < -0.4 is 15.0 Å². The Kier molecular flexibility index (Phi) is 5.91. The predicted octanol–water partition coefficient (Wildman–Crippen LogP) is 5.56. The van der Waals surface area contributed by atoms with E-state index in [1.54, 1.807) is 17.0 Å². The van der Waals surface area contributed by atoms with Gasteiger partial charge in [-0.15, -0.1) is 0 Å². The van der Waals surface area contributed by atoms with Crippen LogP contribution in [-0.2, 0) is 11.2 Å². The summed E-state index contributed by atoms with van der Waals surface area (Å²) in [7, 11) is 1.40. The van der Waals surface area contributed by atoms with Gasteiger partial charge >= 0.3 is 6.09 Å². The van der Waals surface area contributed by atoms with Crippen LogP contribution in [0.5, 0.6) is 11.5 Å². The first-order valence-electron chi connectivity index (χ1n) is 12.7. The molecule has 1 aliphatic carbocycles. The van der Waals surface area contributed by atoms with Crippen LogP contribution in [0.1, 0.15) is 37.8 Å². The van der Waals surface area contributed by atoms with Gasteiger partial charge in [0.05, 0.1) is 25.0 Å². The van der Waals surface area contributed by atoms with E-state index in [9.17, 15) is 9.18 Å². The number of halogens is 1. The molecular weight excluding hydrogens is 459 g/mol. The number of hydrogen-bond acceptors (Lipinski definition) is 5. The van der Waals surface area contributed by atoms with Crippen molar-refractivity contribution in [2.45, 2.75) is 44.7 Å². The summed E-state index contributed by atoms with van der Waals surface area (Å²) >= 11 is 0. The van der Waals surface area contributed by atoms with E-state index < -0.39 is 6.09 Å². The number of aromatic nitrogens is 2. The van der Waals surface area contributed by atoms with Crippen LogP contribution in [0, 0.1) is 17.7 Å². The minimum Gasteiger partial charge on any atom is -0.456 e. The molecule has 1 amide bonds. The van der Waals surface area contributed by atoms with Gasteiger partial charge in [0, 0.05) is 28.9 Å². The molecule has 188 valence electrons. The number of nitrogens with one attached hydrogen (secondary N) is 1. The average molecular weight is 491 g/mol. The Hall–Kier alpha value is -3.39. The zero-order chi connectivity index (χ0) is 24.8. The number of fused-ring (bicyclic) bond motifs is 2. The SMILES string of the molecule is COC(=O)N1c2ccc(-c3cnn(C4CC5CNCC5C4)c3)c(Oc3ccc(F)cc3)c2CC[C@@H]1C. The first-order valence-corrected chi connectivity index (χ1v) is 12.7. The Morgan fingerprint density at radius 2 is 1.86 bits per heavy atom. The van der Waals surface area contributed by atoms with Gasteiger partial charge in [-0.1, -0.05) is 0 Å². The second-order valence-electron chi connectivity index (χ2n) is 10.2. The Balaban J connectivity index is 1.40. The normalized spacial score (nSPS) is 24.9. The molecule has 2 aromatic carbocycles. The van der Waals surface area contributed by atoms with Crippen molar-refractivity contribution in [1.82, 2.24) is 15.1 Å². The molecular formula is C28H31FN4O3. The van der Waals surface area contributed by atoms with Gasteiger partial charge in [-0.05, 0) is 93.9 Å². The fourth-order valence-electron chi connectivity index (χ4n) is 6.17. The summed E-state index contributed by atoms with van der Waals surface area (Å²) in [6.07, 6.45) is 7.45. The van der Waals surface area contributed by atoms with Crippen LogP contribution in [0.3, 0.4) is 0 Å². The molecule has 6 rings (SSSR count). The molecule has 2 unspecified atom stereocenters. The molecule has 3 aromatic rings. The van der Waals surface area contributed by atoms with Crippen LogP contribution in [-0.4, -0.2) is 42.1 Å². The lowest BCUT2D eigenvalue weighted by molar-refractivity contribution is 0.175. The summed E-state index contributed by atoms with van der Waals surface area (Å²) < 4.78 is 27.2. The van der Waals surface area contributed by atoms with Gasteiger partial charge in [-0.2, -0.15) is 5.10 Å². The van der Waals surface area contributed by atoms with E-state index >= 15 is 0 Å². The Bertz CT molecular complexity index is 1260. The highest BCUT2D eigenvalue weighted by molar-refractivity contribution is 5.92. The Labute approximate surface area is 210 Å². The smallest absolute Gasteiger partial charge is 0.414 e. The summed E-state index contributed by atoms with van der Waals surface area (Å²) in [5, 5.41) is 8.25. The molecule has 1 aromatic heterocycles. The molecule has 1 saturated carbocycles. The lowest BCUT2D eigenvalue weighted by Gasteiger charge is -2.35. The van der Waals surface area contributed by atoms with Crippen molar-refractivity contribution < 1.29 is 18.7 Å². The van der Waals surface area contributed by atoms with Gasteiger partial charge in [0.25, 0.3) is 0 Å². The summed E-state index contributed by atoms with van der Waals surface area (Å²) in [4.78, 5) is 14.3. The Morgan fingerprint density at radius 3 is 2.58 bits per heavy atom. The van der Waals surface area contributed by atoms with Crippen molar-refractivity contribution in [2.24, 2.45) is 11.8 Å². The lowest BCUT2D eigenvalue weighted by atomic mass is 9.92. The third-order valence-corrected chi connectivity index (χ3v) is 8.07. The fourth-order valence-corrected chi connectivity index (χ4v) is 6.17. The summed E-state index contributed by atoms with van der Waals surface area (Å²) in [6.45, 7) is 4.22. The molecule has 0 radical (unpaired) electrons. The lowest BCUT2D eigenvalue weighted by Crippen LogP contribution is -2.42. The second kappa shape index (κ2) is 9.24. The van der Waals surface area contributed by atoms with Crippen LogP contribution in [0.2, 0.25) is 0 Å². The maximum Gasteiger partial charge on any atom is 0.414 e. The van der Waals surface area contributed by atoms with Gasteiger partial charge < -0.3 is 14.8 Å². The van der Waals surface area contributed by atoms with Gasteiger partial charge in [-0.3, -0.25) is 9.58 Å². The van der Waals surface area contributed by atoms with E-state index in [1.165, 1.54) is 19.2 Å². The Morgan fingerprint density at radius 1 is 1.11 bits per heavy atom. The topological polar surface area (TPSA) is 68.6 Å². The first kappa shape index (κ1) is 23.0. The second-order valence-corrected chi connectivity index (χ2v) is 10.2. The predicted molar refractivity (Wildman–Crippen MR) is 135 cm³/mol. The molecule has 2 aliphatic heterocycles. The molecule has 3 aliphatic rings. The van der Waals surface area contributed by atoms with Crippen LogP contribution in [0.25, 0.3) is 11.1 Å². The van der Waals surface area contributed by atoms with E-state index in [0.717, 1.165) is 73.0 Å². The summed E-state index contributed by atoms with van der Waals surface area (Å²) in [5.74, 6) is 2.36. The van der Waals surface area contributed by atoms with Crippen molar-refractivity contribution in [2.75, 3.05) is 25.1 Å². The van der Waals surface area contributed by atoms with Gasteiger partial charge in [0.1, 0.15) is 17.3 Å². The van der Waals surface area contributed by atoms with Crippen molar-refractivity contribution in [3.05, 3.63) is 60.2 Å². The molecule has 1 N–H and O–H groups in total. The molecule has 0 spiro atoms. The standard InChI is InChI=1S/C28H31FN4O3/c1-17-3-8-25-26(33(17)28(34)35-2)10-9-24(27(25)36-23-6-4-21(29)5-7-23)20-15-31-32(16-20)22-11-18-13-30-14-19(18)12-22/h4-7,9-10,15-19,22,30H,3,8,11-14H2,1-2H3/t17-,18?,19?,22?/m0/s1. The number of carbonyl (C=O) groups excluding carboxylic acids is 1. The summed E-state index contributed by atoms with van der Waals surface area (Å²) in [5.41, 5.74) is 3.59. The molecule has 0 bridgehead atoms. The van der Waals surface area contributed by atoms with Gasteiger partial charge in [-0.25, -0.2) is 9.18 Å². The van der Waals surface area contributed by atoms with Crippen molar-refractivity contribution in [1.29, 1.82) is 0 Å². The van der Waals surface area contributed by atoms with Crippen molar-refractivity contribution >= 4 is 11.8 Å². The maximum absolute atomic E-state index is 13.6. The monoisotopic (exact) mass is 490 g/mol. The number of methoxy groups -OCH3 is 1. The number of rotatable bonds is 4. The quantitative estimate of drug-likeness (QED) is 0.519. The first-order chi connectivity index (χ1) is 17.5. The summed E-state index contributed by atoms with van der Waals surface area (Å²) in [6, 6.07) is 10.4. The number of benzene rings is 2. The molecule has 3 atom stereocenters. The molecule has 3 heterocycles. The zero-order valence-electron chi connectivity index (χ0n) is 20.6. The van der Waals surface area contributed by atoms with Crippen LogP contribution in [0.4, 0.5) is 14.9 Å². The number of nitrogens with zero attached hydrogens (tertiary/aromatic N) is 3. The minimum atomic E-state index is -0.391. The van der Waals surface area contributed by atoms with Gasteiger partial charge in [0.2, 0.25) is 0 Å². The van der Waals surface area contributed by atoms with E-state index in [4.69, 9.17) is 14.6 Å². The molecule has 8 heteroatoms. The molecule has 7 nitrogen and oxygen atoms in total. The number of anilines is 1. The maximum atomic E-state index is 13.6. The molecule has 36 heavy (non-hydrogen) atoms. The van der Waals surface area contributed by atoms with E-state index in [0.29, 0.717) is 17.5 Å². The van der Waals surface area contributed by atoms with Crippen molar-refractivity contribution in [3.63, 3.8) is 0 Å². The molecule has 1 saturated heterocycles. The van der Waals surface area contributed by atoms with Crippen LogP contribution >= 0.6 is 0 Å². The zero-order valence-corrected chi connectivity index (χ0v) is 20.6. The third-order valence-electron chi connectivity index (χ3n) is 8.07. The number of amides is 1. The highest BCUT2D eigenvalue weighted by atomic mass is 19.1. The van der Waals surface area contributed by atoms with E-state index in [-0.39, 0.29) is 11.9 Å². The van der Waals surface area contributed by atoms with E-state index in [2.05, 4.69) is 16.2 Å². The fraction of sp³-hybridized carbons (Fsp3) is 0.429. The van der Waals surface area contributed by atoms with E-state index in [1.807, 2.05) is 25.3 Å². The number of hydrogen-bond donors (Lipinski definition) is 1. The highest BCUT2D eigenvalue weighted by Gasteiger charge is 2.38. The third kappa shape index (κ3) is 4.03. The number of carbonyl (C=O) groups is 1. The van der Waals surface area contributed by atoms with Crippen LogP contribution in [0.15, 0.2) is 48.8 Å². The average Bonchev–Trinajstić information content (AvgIpc) is 3.61. The molecule has 2 fully saturated rings. The minimum absolute atomic E-state index is 0.00790. The van der Waals surface area contributed by atoms with Crippen molar-refractivity contribution in [3.8, 4) is 22.6 Å². The number of ether oxygens (including phenoxy) is 2. The van der Waals surface area contributed by atoms with Gasteiger partial charge in [0.15, 0.2) is 0 Å². The largest absolute Gasteiger partial charge is 0.456 e. The highest BCUT2D eigenvalue weighted by Crippen LogP contribution is 2.46.